The number of nitrogens with two attached hydrogens (primary N) is 1. The minimum Gasteiger partial charge on any atom is -0.462 e. The second-order valence-electron chi connectivity index (χ2n) is 15.6. The van der Waals surface area contributed by atoms with E-state index in [1.165, 1.54) is 13.0 Å². The van der Waals surface area contributed by atoms with Crippen LogP contribution in [-0.4, -0.2) is 64.0 Å². The number of carbonyl (C=O) groups excluding carboxylic acids is 2. The molecule has 0 saturated carbocycles. The van der Waals surface area contributed by atoms with Crippen LogP contribution in [0.15, 0.2) is 230 Å². The molecule has 0 bridgehead atoms. The van der Waals surface area contributed by atoms with Crippen LogP contribution in [-0.2, 0) is 20.7 Å². The number of benzene rings is 5. The molecule has 0 amide bonds. The zero-order valence-corrected chi connectivity index (χ0v) is 44.4. The number of nitrogen functional groups attached to an aromatic ring is 1. The van der Waals surface area contributed by atoms with Crippen LogP contribution in [0.3, 0.4) is 0 Å². The summed E-state index contributed by atoms with van der Waals surface area (Å²) in [6.45, 7) is 17.5. The molecule has 0 aliphatic heterocycles. The van der Waals surface area contributed by atoms with Crippen LogP contribution in [0.5, 0.6) is 0 Å². The summed E-state index contributed by atoms with van der Waals surface area (Å²) in [4.78, 5) is 32.6. The van der Waals surface area contributed by atoms with Crippen LogP contribution >= 0.6 is 23.2 Å². The lowest BCUT2D eigenvalue weighted by Gasteiger charge is -2.12. The SMILES string of the molecule is C=CCC(F)(F)C(=O)Cc1ccccc1.C=CCC(F)(F)C(=O)OCC.C=CCC(F)(F)C(C#N)=Nc1ccccc1.C=CCC(F)(F)C(Cl)=Nc1ccccc1.C=CCC(F)(F)C(Cl)=Nc1ccccc1.Nc1ccccc1. The summed E-state index contributed by atoms with van der Waals surface area (Å²) in [5.74, 6) is -18.8. The number of nitrogens with zero attached hydrogens (tertiary/aromatic N) is 4. The summed E-state index contributed by atoms with van der Waals surface area (Å²) >= 11 is 10.9. The standard InChI is InChI=1S/C12H10F2N2.C12H12F2O.2C11H10ClF2N.C7H10F2O2.C6H7N/c1-2-8-12(13,14)11(9-15)16-10-6-4-3-5-7-10;1-2-8-12(13,14)11(15)9-10-6-4-3-5-7-10;2*1-2-8-11(13,14)10(12)15-9-6-4-3-5-7-9;1-3-5-7(8,9)6(10)11-4-2;7-6-4-2-1-3-5-6/h2-7H,1,8H2;2-7H,1,8-9H2;2*2-7H,1,8H2;3H,1,4-5H2,2H3;1-5H,7H2. The topological polar surface area (TPSA) is 130 Å². The average Bonchev–Trinajstić information content (AvgIpc) is 3.40. The van der Waals surface area contributed by atoms with E-state index in [2.05, 4.69) is 52.6 Å². The number of allylic oxidation sites excluding steroid dienone is 5. The van der Waals surface area contributed by atoms with Gasteiger partial charge in [0.25, 0.3) is 0 Å². The maximum atomic E-state index is 13.3. The van der Waals surface area contributed by atoms with Gasteiger partial charge in [0.05, 0.1) is 23.7 Å². The highest BCUT2D eigenvalue weighted by Crippen LogP contribution is 2.28. The first-order chi connectivity index (χ1) is 37.2. The molecule has 5 aromatic carbocycles. The van der Waals surface area contributed by atoms with Crippen molar-refractivity contribution in [2.45, 2.75) is 75.1 Å². The maximum absolute atomic E-state index is 13.3. The van der Waals surface area contributed by atoms with Crippen molar-refractivity contribution >= 4 is 73.8 Å². The average molecular weight is 1150 g/mol. The molecule has 0 fully saturated rings. The van der Waals surface area contributed by atoms with Gasteiger partial charge in [-0.25, -0.2) is 19.8 Å². The van der Waals surface area contributed by atoms with Gasteiger partial charge in [-0.1, -0.05) is 157 Å². The van der Waals surface area contributed by atoms with Crippen molar-refractivity contribution in [3.05, 3.63) is 220 Å². The molecule has 0 saturated heterocycles. The summed E-state index contributed by atoms with van der Waals surface area (Å²) in [7, 11) is 0. The van der Waals surface area contributed by atoms with Gasteiger partial charge in [0.15, 0.2) is 16.1 Å². The molecule has 422 valence electrons. The van der Waals surface area contributed by atoms with Gasteiger partial charge in [-0.15, -0.1) is 32.9 Å². The molecule has 79 heavy (non-hydrogen) atoms. The quantitative estimate of drug-likeness (QED) is 0.0257. The maximum Gasteiger partial charge on any atom is 0.377 e. The number of nitriles is 1. The summed E-state index contributed by atoms with van der Waals surface area (Å²) in [6, 6.07) is 44.4. The molecule has 0 unspecified atom stereocenters. The van der Waals surface area contributed by atoms with Crippen LogP contribution in [0.2, 0.25) is 0 Å². The Balaban J connectivity index is 0.000000937. The van der Waals surface area contributed by atoms with E-state index in [0.29, 0.717) is 22.6 Å². The number of halogens is 12. The summed E-state index contributed by atoms with van der Waals surface area (Å²) in [5.41, 5.74) is 7.14. The van der Waals surface area contributed by atoms with Crippen molar-refractivity contribution in [1.29, 1.82) is 5.26 Å². The molecule has 20 heteroatoms. The molecule has 0 aromatic heterocycles. The van der Waals surface area contributed by atoms with E-state index in [0.717, 1.165) is 36.1 Å². The second kappa shape index (κ2) is 37.8. The minimum atomic E-state index is -3.42. The monoisotopic (exact) mass is 1150 g/mol. The van der Waals surface area contributed by atoms with Gasteiger partial charge < -0.3 is 10.5 Å². The van der Waals surface area contributed by atoms with Gasteiger partial charge in [0, 0.05) is 44.2 Å². The van der Waals surface area contributed by atoms with Crippen LogP contribution in [0.1, 0.15) is 44.6 Å². The molecule has 0 atom stereocenters. The lowest BCUT2D eigenvalue weighted by atomic mass is 10.0. The molecule has 5 aromatic rings. The normalized spacial score (nSPS) is 11.6. The smallest absolute Gasteiger partial charge is 0.377 e. The fourth-order valence-electron chi connectivity index (χ4n) is 5.18. The van der Waals surface area contributed by atoms with Crippen molar-refractivity contribution in [2.75, 3.05) is 12.3 Å². The number of Topliss-reactive ketones (excluding diaryl/α,β-unsaturated/α-hetero) is 1. The lowest BCUT2D eigenvalue weighted by molar-refractivity contribution is -0.170. The highest BCUT2D eigenvalue weighted by molar-refractivity contribution is 6.67. The van der Waals surface area contributed by atoms with E-state index in [1.807, 2.05) is 30.3 Å². The summed E-state index contributed by atoms with van der Waals surface area (Å²) < 4.78 is 135. The van der Waals surface area contributed by atoms with Crippen LogP contribution in [0.4, 0.5) is 66.7 Å². The van der Waals surface area contributed by atoms with Gasteiger partial charge in [-0.3, -0.25) is 4.79 Å². The lowest BCUT2D eigenvalue weighted by Crippen LogP contribution is -2.29. The molecule has 0 radical (unpaired) electrons. The third kappa shape index (κ3) is 30.6. The largest absolute Gasteiger partial charge is 0.462 e. The number of aliphatic imine (C=N–C) groups is 3. The van der Waals surface area contributed by atoms with Gasteiger partial charge in [0.1, 0.15) is 6.07 Å². The molecule has 8 nitrogen and oxygen atoms in total. The van der Waals surface area contributed by atoms with Gasteiger partial charge >= 0.3 is 35.6 Å². The molecule has 0 heterocycles. The van der Waals surface area contributed by atoms with E-state index in [9.17, 15) is 53.5 Å². The second-order valence-corrected chi connectivity index (χ2v) is 16.3. The third-order valence-electron chi connectivity index (χ3n) is 9.01. The fourth-order valence-corrected chi connectivity index (χ4v) is 5.53. The Hall–Kier alpha value is -7.88. The zero-order valence-electron chi connectivity index (χ0n) is 42.9. The zero-order chi connectivity index (χ0) is 60.0. The molecule has 0 aliphatic rings. The number of hydrogen-bond acceptors (Lipinski definition) is 8. The number of esters is 1. The Morgan fingerprint density at radius 3 is 1.13 bits per heavy atom. The van der Waals surface area contributed by atoms with E-state index >= 15 is 0 Å². The fraction of sp³-hybridized carbons (Fsp3) is 0.220. The number of alkyl halides is 10. The van der Waals surface area contributed by atoms with E-state index in [4.69, 9.17) is 34.2 Å². The van der Waals surface area contributed by atoms with Gasteiger partial charge in [-0.05, 0) is 61.0 Å². The van der Waals surface area contributed by atoms with Crippen LogP contribution in [0.25, 0.3) is 0 Å². The number of carbonyl (C=O) groups is 2. The first kappa shape index (κ1) is 71.1. The van der Waals surface area contributed by atoms with Crippen molar-refractivity contribution in [3.8, 4) is 6.07 Å². The number of rotatable bonds is 21. The van der Waals surface area contributed by atoms with Crippen LogP contribution in [0, 0.1) is 11.3 Å². The Bertz CT molecular complexity index is 2670. The van der Waals surface area contributed by atoms with E-state index < -0.39 is 89.5 Å². The van der Waals surface area contributed by atoms with E-state index in [-0.39, 0.29) is 13.0 Å². The Morgan fingerprint density at radius 2 is 0.810 bits per heavy atom. The van der Waals surface area contributed by atoms with Gasteiger partial charge in [0.2, 0.25) is 5.78 Å². The number of anilines is 1. The summed E-state index contributed by atoms with van der Waals surface area (Å²) in [5, 5.41) is 7.23. The molecule has 5 rings (SSSR count). The molecule has 0 spiro atoms. The highest BCUT2D eigenvalue weighted by Gasteiger charge is 2.39. The Morgan fingerprint density at radius 1 is 0.506 bits per heavy atom. The molecular formula is C59H59Cl2F10N5O3. The van der Waals surface area contributed by atoms with Crippen molar-refractivity contribution < 1.29 is 58.2 Å². The third-order valence-corrected chi connectivity index (χ3v) is 9.73. The predicted octanol–water partition coefficient (Wildman–Crippen LogP) is 17.9. The number of para-hydroxylation sites is 4. The van der Waals surface area contributed by atoms with Crippen molar-refractivity contribution in [2.24, 2.45) is 15.0 Å². The first-order valence-corrected chi connectivity index (χ1v) is 24.1. The van der Waals surface area contributed by atoms with Crippen LogP contribution < -0.4 is 5.73 Å². The Kier molecular flexibility index (Phi) is 34.0. The van der Waals surface area contributed by atoms with E-state index in [1.54, 1.807) is 121 Å². The minimum absolute atomic E-state index is 0.0361. The predicted molar refractivity (Wildman–Crippen MR) is 299 cm³/mol. The highest BCUT2D eigenvalue weighted by atomic mass is 35.5. The van der Waals surface area contributed by atoms with Crippen molar-refractivity contribution in [1.82, 2.24) is 0 Å². The number of hydrogen-bond donors (Lipinski definition) is 1. The summed E-state index contributed by atoms with van der Waals surface area (Å²) in [6.07, 6.45) is 2.21. The van der Waals surface area contributed by atoms with Crippen molar-refractivity contribution in [3.63, 3.8) is 0 Å². The number of ether oxygens (including phenoxy) is 1. The van der Waals surface area contributed by atoms with Gasteiger partial charge in [-0.2, -0.15) is 49.2 Å². The molecular weight excluding hydrogens is 1090 g/mol. The Labute approximate surface area is 464 Å². The first-order valence-electron chi connectivity index (χ1n) is 23.3. The molecule has 0 aliphatic carbocycles. The molecule has 2 N–H and O–H groups in total. The number of ketones is 1.